The number of nitrogens with zero attached hydrogens (tertiary/aromatic N) is 1. The van der Waals surface area contributed by atoms with Crippen LogP contribution < -0.4 is 4.90 Å². The summed E-state index contributed by atoms with van der Waals surface area (Å²) in [5.41, 5.74) is 1.80. The molecule has 1 aliphatic rings. The molecule has 114 valence electrons. The molecule has 1 aromatic rings. The molecule has 1 aromatic carbocycles. The highest BCUT2D eigenvalue weighted by molar-refractivity contribution is 6.02. The molecule has 0 bridgehead atoms. The van der Waals surface area contributed by atoms with Gasteiger partial charge in [-0.1, -0.05) is 13.8 Å². The predicted octanol–water partition coefficient (Wildman–Crippen LogP) is 2.34. The van der Waals surface area contributed by atoms with Crippen LogP contribution in [-0.2, 0) is 16.0 Å². The van der Waals surface area contributed by atoms with E-state index in [1.165, 1.54) is 6.07 Å². The van der Waals surface area contributed by atoms with Crippen molar-refractivity contribution in [2.75, 3.05) is 24.7 Å². The van der Waals surface area contributed by atoms with E-state index >= 15 is 0 Å². The maximum absolute atomic E-state index is 12.0. The van der Waals surface area contributed by atoms with E-state index in [-0.39, 0.29) is 17.9 Å². The minimum atomic E-state index is -0.972. The van der Waals surface area contributed by atoms with Crippen LogP contribution in [0.2, 0.25) is 0 Å². The molecular weight excluding hydrogens is 270 g/mol. The number of carbonyl (C=O) groups is 2. The van der Waals surface area contributed by atoms with Gasteiger partial charge in [0, 0.05) is 18.8 Å². The summed E-state index contributed by atoms with van der Waals surface area (Å²) in [6.45, 7) is 5.99. The summed E-state index contributed by atoms with van der Waals surface area (Å²) in [6.07, 6.45) is 1.27. The van der Waals surface area contributed by atoms with Crippen LogP contribution in [0.5, 0.6) is 0 Å². The lowest BCUT2D eigenvalue weighted by Gasteiger charge is -2.17. The largest absolute Gasteiger partial charge is 0.478 e. The van der Waals surface area contributed by atoms with Gasteiger partial charge in [-0.2, -0.15) is 0 Å². The second-order valence-corrected chi connectivity index (χ2v) is 5.67. The topological polar surface area (TPSA) is 66.8 Å². The second kappa shape index (κ2) is 6.72. The molecule has 0 aliphatic carbocycles. The molecule has 0 unspecified atom stereocenters. The number of benzene rings is 1. The average Bonchev–Trinajstić information content (AvgIpc) is 2.73. The van der Waals surface area contributed by atoms with Crippen LogP contribution in [0, 0.1) is 5.92 Å². The molecular formula is C16H21NO4. The number of ether oxygens (including phenoxy) is 1. The van der Waals surface area contributed by atoms with Crippen molar-refractivity contribution < 1.29 is 19.4 Å². The maximum atomic E-state index is 12.0. The molecule has 1 N–H and O–H groups in total. The summed E-state index contributed by atoms with van der Waals surface area (Å²) in [6, 6.07) is 4.82. The Hall–Kier alpha value is -1.88. The number of hydrogen-bond donors (Lipinski definition) is 1. The van der Waals surface area contributed by atoms with Gasteiger partial charge in [0.15, 0.2) is 0 Å². The van der Waals surface area contributed by atoms with Gasteiger partial charge in [0.1, 0.15) is 0 Å². The monoisotopic (exact) mass is 291 g/mol. The number of carboxylic acids is 1. The van der Waals surface area contributed by atoms with E-state index in [1.54, 1.807) is 17.0 Å². The summed E-state index contributed by atoms with van der Waals surface area (Å²) in [5, 5.41) is 8.97. The third kappa shape index (κ3) is 3.82. The highest BCUT2D eigenvalue weighted by Gasteiger charge is 2.27. The number of rotatable bonds is 7. The lowest BCUT2D eigenvalue weighted by Crippen LogP contribution is -2.30. The molecule has 0 saturated carbocycles. The van der Waals surface area contributed by atoms with Crippen molar-refractivity contribution in [3.63, 3.8) is 0 Å². The number of hydrogen-bond acceptors (Lipinski definition) is 3. The van der Waals surface area contributed by atoms with E-state index in [0.717, 1.165) is 17.7 Å². The lowest BCUT2D eigenvalue weighted by atomic mass is 10.1. The predicted molar refractivity (Wildman–Crippen MR) is 79.7 cm³/mol. The zero-order valence-corrected chi connectivity index (χ0v) is 12.5. The van der Waals surface area contributed by atoms with E-state index in [1.807, 2.05) is 0 Å². The van der Waals surface area contributed by atoms with Crippen LogP contribution in [0.4, 0.5) is 5.69 Å². The van der Waals surface area contributed by atoms with Crippen molar-refractivity contribution in [3.8, 4) is 0 Å². The van der Waals surface area contributed by atoms with Crippen molar-refractivity contribution in [1.29, 1.82) is 0 Å². The average molecular weight is 291 g/mol. The Morgan fingerprint density at radius 1 is 1.38 bits per heavy atom. The number of aromatic carboxylic acids is 1. The van der Waals surface area contributed by atoms with Crippen molar-refractivity contribution in [3.05, 3.63) is 29.3 Å². The van der Waals surface area contributed by atoms with E-state index in [0.29, 0.717) is 25.7 Å². The van der Waals surface area contributed by atoms with Crippen molar-refractivity contribution in [2.45, 2.75) is 26.7 Å². The third-order valence-corrected chi connectivity index (χ3v) is 3.56. The van der Waals surface area contributed by atoms with Gasteiger partial charge >= 0.3 is 5.97 Å². The van der Waals surface area contributed by atoms with Crippen LogP contribution >= 0.6 is 0 Å². The van der Waals surface area contributed by atoms with Gasteiger partial charge < -0.3 is 14.7 Å². The second-order valence-electron chi connectivity index (χ2n) is 5.67. The molecule has 0 fully saturated rings. The maximum Gasteiger partial charge on any atom is 0.335 e. The van der Waals surface area contributed by atoms with Gasteiger partial charge in [-0.05, 0) is 36.1 Å². The third-order valence-electron chi connectivity index (χ3n) is 3.56. The normalized spacial score (nSPS) is 13.9. The summed E-state index contributed by atoms with van der Waals surface area (Å²) < 4.78 is 5.54. The lowest BCUT2D eigenvalue weighted by molar-refractivity contribution is -0.117. The molecule has 1 aliphatic heterocycles. The molecule has 1 heterocycles. The van der Waals surface area contributed by atoms with E-state index < -0.39 is 5.97 Å². The number of carboxylic acid groups (broad SMARTS) is 1. The molecule has 0 atom stereocenters. The summed E-state index contributed by atoms with van der Waals surface area (Å²) in [7, 11) is 0. The fourth-order valence-electron chi connectivity index (χ4n) is 2.34. The quantitative estimate of drug-likeness (QED) is 0.783. The first-order valence-electron chi connectivity index (χ1n) is 7.23. The van der Waals surface area contributed by atoms with Crippen LogP contribution in [0.25, 0.3) is 0 Å². The van der Waals surface area contributed by atoms with Crippen LogP contribution in [0.3, 0.4) is 0 Å². The molecule has 0 saturated heterocycles. The molecule has 21 heavy (non-hydrogen) atoms. The molecule has 5 heteroatoms. The van der Waals surface area contributed by atoms with Crippen molar-refractivity contribution >= 4 is 17.6 Å². The Balaban J connectivity index is 1.94. The van der Waals surface area contributed by atoms with Crippen LogP contribution in [0.1, 0.15) is 36.2 Å². The van der Waals surface area contributed by atoms with Gasteiger partial charge in [-0.3, -0.25) is 4.79 Å². The minimum absolute atomic E-state index is 0.00000152. The Kier molecular flexibility index (Phi) is 4.96. The Bertz CT molecular complexity index is 539. The molecule has 5 nitrogen and oxygen atoms in total. The first-order chi connectivity index (χ1) is 9.99. The fraction of sp³-hybridized carbons (Fsp3) is 0.500. The van der Waals surface area contributed by atoms with E-state index in [9.17, 15) is 9.59 Å². The summed E-state index contributed by atoms with van der Waals surface area (Å²) >= 11 is 0. The van der Waals surface area contributed by atoms with Gasteiger partial charge in [-0.15, -0.1) is 0 Å². The molecule has 2 rings (SSSR count). The fourth-order valence-corrected chi connectivity index (χ4v) is 2.34. The molecule has 0 radical (unpaired) electrons. The zero-order valence-electron chi connectivity index (χ0n) is 12.5. The first kappa shape index (κ1) is 15.5. The van der Waals surface area contributed by atoms with Crippen molar-refractivity contribution in [2.24, 2.45) is 5.92 Å². The van der Waals surface area contributed by atoms with Crippen LogP contribution in [0.15, 0.2) is 18.2 Å². The van der Waals surface area contributed by atoms with Gasteiger partial charge in [-0.25, -0.2) is 4.79 Å². The smallest absolute Gasteiger partial charge is 0.335 e. The number of anilines is 1. The molecule has 0 aromatic heterocycles. The number of fused-ring (bicyclic) bond motifs is 1. The Morgan fingerprint density at radius 3 is 2.81 bits per heavy atom. The van der Waals surface area contributed by atoms with E-state index in [4.69, 9.17) is 9.84 Å². The van der Waals surface area contributed by atoms with E-state index in [2.05, 4.69) is 13.8 Å². The van der Waals surface area contributed by atoms with Gasteiger partial charge in [0.05, 0.1) is 18.6 Å². The molecule has 0 spiro atoms. The van der Waals surface area contributed by atoms with Gasteiger partial charge in [0.25, 0.3) is 0 Å². The standard InChI is InChI=1S/C16H21NO4/c1-11(2)5-7-21-8-6-17-14-4-3-12(16(19)20)9-13(14)10-15(17)18/h3-4,9,11H,5-8,10H2,1-2H3,(H,19,20). The first-order valence-corrected chi connectivity index (χ1v) is 7.23. The SMILES string of the molecule is CC(C)CCOCCN1C(=O)Cc2cc(C(=O)O)ccc21. The zero-order chi connectivity index (χ0) is 15.4. The van der Waals surface area contributed by atoms with Crippen molar-refractivity contribution in [1.82, 2.24) is 0 Å². The number of carbonyl (C=O) groups excluding carboxylic acids is 1. The van der Waals surface area contributed by atoms with Gasteiger partial charge in [0.2, 0.25) is 5.91 Å². The summed E-state index contributed by atoms with van der Waals surface area (Å²) in [5.74, 6) is -0.366. The summed E-state index contributed by atoms with van der Waals surface area (Å²) in [4.78, 5) is 24.6. The van der Waals surface area contributed by atoms with Crippen LogP contribution in [-0.4, -0.2) is 36.7 Å². The Labute approximate surface area is 124 Å². The highest BCUT2D eigenvalue weighted by Crippen LogP contribution is 2.29. The Morgan fingerprint density at radius 2 is 2.14 bits per heavy atom. The molecule has 1 amide bonds. The number of amides is 1. The highest BCUT2D eigenvalue weighted by atomic mass is 16.5. The minimum Gasteiger partial charge on any atom is -0.478 e.